The van der Waals surface area contributed by atoms with Crippen molar-refractivity contribution in [2.24, 2.45) is 7.05 Å². The Labute approximate surface area is 86.1 Å². The number of aromatic nitrogens is 1. The molecule has 1 aromatic carbocycles. The van der Waals surface area contributed by atoms with Gasteiger partial charge in [-0.1, -0.05) is 6.07 Å². The van der Waals surface area contributed by atoms with E-state index in [0.717, 1.165) is 17.7 Å². The summed E-state index contributed by atoms with van der Waals surface area (Å²) in [4.78, 5) is 11.3. The van der Waals surface area contributed by atoms with E-state index in [1.54, 1.807) is 7.05 Å². The average molecular weight is 205 g/mol. The molecule has 0 aliphatic carbocycles. The van der Waals surface area contributed by atoms with Gasteiger partial charge in [-0.3, -0.25) is 4.57 Å². The molecule has 1 fully saturated rings. The molecule has 4 heteroatoms. The van der Waals surface area contributed by atoms with E-state index in [0.29, 0.717) is 5.58 Å². The molecule has 3 rings (SSSR count). The SMILES string of the molecule is Cn1c(=O)oc2ccc(C3(C)CO3)cc21. The van der Waals surface area contributed by atoms with Crippen molar-refractivity contribution >= 4 is 11.1 Å². The largest absolute Gasteiger partial charge is 0.419 e. The van der Waals surface area contributed by atoms with Gasteiger partial charge in [0.25, 0.3) is 0 Å². The molecule has 1 unspecified atom stereocenters. The third kappa shape index (κ3) is 1.15. The number of nitrogens with zero attached hydrogens (tertiary/aromatic N) is 1. The van der Waals surface area contributed by atoms with E-state index in [4.69, 9.17) is 9.15 Å². The molecule has 15 heavy (non-hydrogen) atoms. The highest BCUT2D eigenvalue weighted by molar-refractivity contribution is 5.74. The molecule has 4 nitrogen and oxygen atoms in total. The Morgan fingerprint density at radius 3 is 2.87 bits per heavy atom. The molecule has 1 aliphatic heterocycles. The van der Waals surface area contributed by atoms with E-state index in [-0.39, 0.29) is 11.4 Å². The molecule has 1 aromatic heterocycles. The summed E-state index contributed by atoms with van der Waals surface area (Å²) in [6.45, 7) is 2.77. The predicted molar refractivity (Wildman–Crippen MR) is 54.8 cm³/mol. The number of benzene rings is 1. The van der Waals surface area contributed by atoms with Crippen molar-refractivity contribution in [2.75, 3.05) is 6.61 Å². The highest BCUT2D eigenvalue weighted by Crippen LogP contribution is 2.38. The molecule has 2 heterocycles. The summed E-state index contributed by atoms with van der Waals surface area (Å²) < 4.78 is 11.9. The van der Waals surface area contributed by atoms with Crippen LogP contribution in [0, 0.1) is 0 Å². The van der Waals surface area contributed by atoms with Gasteiger partial charge in [0.1, 0.15) is 5.60 Å². The Bertz CT molecular complexity index is 589. The molecule has 1 saturated heterocycles. The van der Waals surface area contributed by atoms with Crippen molar-refractivity contribution < 1.29 is 9.15 Å². The summed E-state index contributed by atoms with van der Waals surface area (Å²) in [6, 6.07) is 5.71. The standard InChI is InChI=1S/C11H11NO3/c1-11(6-14-11)7-3-4-9-8(5-7)12(2)10(13)15-9/h3-5H,6H2,1-2H3. The van der Waals surface area contributed by atoms with Gasteiger partial charge in [0.15, 0.2) is 5.58 Å². The predicted octanol–water partition coefficient (Wildman–Crippen LogP) is 1.38. The van der Waals surface area contributed by atoms with Gasteiger partial charge in [-0.25, -0.2) is 4.79 Å². The maximum atomic E-state index is 11.3. The number of ether oxygens (including phenoxy) is 1. The van der Waals surface area contributed by atoms with Gasteiger partial charge in [-0.05, 0) is 24.6 Å². The number of hydrogen-bond donors (Lipinski definition) is 0. The monoisotopic (exact) mass is 205 g/mol. The number of oxazole rings is 1. The molecular formula is C11H11NO3. The molecule has 0 amide bonds. The van der Waals surface area contributed by atoms with E-state index >= 15 is 0 Å². The molecule has 2 aromatic rings. The molecule has 1 atom stereocenters. The number of epoxide rings is 1. The van der Waals surface area contributed by atoms with E-state index in [1.165, 1.54) is 4.57 Å². The summed E-state index contributed by atoms with van der Waals surface area (Å²) in [5.74, 6) is -0.330. The van der Waals surface area contributed by atoms with E-state index in [2.05, 4.69) is 0 Å². The molecule has 1 aliphatic rings. The van der Waals surface area contributed by atoms with Crippen LogP contribution in [0.5, 0.6) is 0 Å². The van der Waals surface area contributed by atoms with Crippen LogP contribution in [0.25, 0.3) is 11.1 Å². The Balaban J connectivity index is 2.29. The lowest BCUT2D eigenvalue weighted by molar-refractivity contribution is 0.329. The highest BCUT2D eigenvalue weighted by atomic mass is 16.6. The second-order valence-electron chi connectivity index (χ2n) is 4.13. The summed E-state index contributed by atoms with van der Waals surface area (Å²) in [6.07, 6.45) is 0. The zero-order chi connectivity index (χ0) is 10.6. The number of aryl methyl sites for hydroxylation is 1. The van der Waals surface area contributed by atoms with Gasteiger partial charge < -0.3 is 9.15 Å². The first-order chi connectivity index (χ1) is 7.10. The van der Waals surface area contributed by atoms with Crippen molar-refractivity contribution in [1.82, 2.24) is 4.57 Å². The quantitative estimate of drug-likeness (QED) is 0.661. The second kappa shape index (κ2) is 2.52. The average Bonchev–Trinajstić information content (AvgIpc) is 2.90. The molecule has 0 bridgehead atoms. The fourth-order valence-corrected chi connectivity index (χ4v) is 1.73. The van der Waals surface area contributed by atoms with Crippen LogP contribution in [0.2, 0.25) is 0 Å². The highest BCUT2D eigenvalue weighted by Gasteiger charge is 2.41. The van der Waals surface area contributed by atoms with Crippen molar-refractivity contribution in [1.29, 1.82) is 0 Å². The first kappa shape index (κ1) is 8.73. The Morgan fingerprint density at radius 1 is 1.47 bits per heavy atom. The van der Waals surface area contributed by atoms with Gasteiger partial charge in [0, 0.05) is 7.05 Å². The van der Waals surface area contributed by atoms with Gasteiger partial charge in [-0.2, -0.15) is 0 Å². The summed E-state index contributed by atoms with van der Waals surface area (Å²) in [5, 5.41) is 0. The molecule has 78 valence electrons. The molecule has 0 N–H and O–H groups in total. The van der Waals surface area contributed by atoms with Gasteiger partial charge >= 0.3 is 5.76 Å². The first-order valence-corrected chi connectivity index (χ1v) is 4.84. The summed E-state index contributed by atoms with van der Waals surface area (Å²) in [7, 11) is 1.70. The van der Waals surface area contributed by atoms with Crippen molar-refractivity contribution in [3.05, 3.63) is 34.3 Å². The minimum Gasteiger partial charge on any atom is -0.408 e. The van der Waals surface area contributed by atoms with Crippen LogP contribution in [-0.2, 0) is 17.4 Å². The molecular weight excluding hydrogens is 194 g/mol. The van der Waals surface area contributed by atoms with E-state index in [1.807, 2.05) is 25.1 Å². The number of rotatable bonds is 1. The number of fused-ring (bicyclic) bond motifs is 1. The first-order valence-electron chi connectivity index (χ1n) is 4.84. The fraction of sp³-hybridized carbons (Fsp3) is 0.364. The molecule has 0 spiro atoms. The van der Waals surface area contributed by atoms with Crippen molar-refractivity contribution in [3.8, 4) is 0 Å². The Kier molecular flexibility index (Phi) is 1.47. The minimum atomic E-state index is -0.330. The van der Waals surface area contributed by atoms with Gasteiger partial charge in [-0.15, -0.1) is 0 Å². The van der Waals surface area contributed by atoms with Crippen LogP contribution in [0.1, 0.15) is 12.5 Å². The van der Waals surface area contributed by atoms with Crippen molar-refractivity contribution in [2.45, 2.75) is 12.5 Å². The minimum absolute atomic E-state index is 0.165. The van der Waals surface area contributed by atoms with Crippen LogP contribution < -0.4 is 5.76 Å². The van der Waals surface area contributed by atoms with Crippen LogP contribution in [0.4, 0.5) is 0 Å². The zero-order valence-electron chi connectivity index (χ0n) is 8.61. The fourth-order valence-electron chi connectivity index (χ4n) is 1.73. The van der Waals surface area contributed by atoms with Crippen molar-refractivity contribution in [3.63, 3.8) is 0 Å². The van der Waals surface area contributed by atoms with Gasteiger partial charge in [0.05, 0.1) is 12.1 Å². The zero-order valence-corrected chi connectivity index (χ0v) is 8.61. The maximum absolute atomic E-state index is 11.3. The molecule has 0 saturated carbocycles. The van der Waals surface area contributed by atoms with Crippen LogP contribution in [-0.4, -0.2) is 11.2 Å². The van der Waals surface area contributed by atoms with Gasteiger partial charge in [0.2, 0.25) is 0 Å². The maximum Gasteiger partial charge on any atom is 0.419 e. The third-order valence-corrected chi connectivity index (χ3v) is 2.98. The van der Waals surface area contributed by atoms with Crippen LogP contribution in [0.3, 0.4) is 0 Å². The second-order valence-corrected chi connectivity index (χ2v) is 4.13. The number of hydrogen-bond acceptors (Lipinski definition) is 3. The normalized spacial score (nSPS) is 24.7. The summed E-state index contributed by atoms with van der Waals surface area (Å²) in [5.41, 5.74) is 2.36. The lowest BCUT2D eigenvalue weighted by Crippen LogP contribution is -2.09. The topological polar surface area (TPSA) is 47.7 Å². The smallest absolute Gasteiger partial charge is 0.408 e. The lowest BCUT2D eigenvalue weighted by Gasteiger charge is -2.04. The van der Waals surface area contributed by atoms with Crippen LogP contribution in [0.15, 0.2) is 27.4 Å². The Morgan fingerprint density at radius 2 is 2.20 bits per heavy atom. The third-order valence-electron chi connectivity index (χ3n) is 2.98. The molecule has 0 radical (unpaired) electrons. The Hall–Kier alpha value is -1.55. The summed E-state index contributed by atoms with van der Waals surface area (Å²) >= 11 is 0. The van der Waals surface area contributed by atoms with Crippen LogP contribution >= 0.6 is 0 Å². The lowest BCUT2D eigenvalue weighted by atomic mass is 10.0. The van der Waals surface area contributed by atoms with E-state index < -0.39 is 0 Å². The van der Waals surface area contributed by atoms with E-state index in [9.17, 15) is 4.79 Å².